The Morgan fingerprint density at radius 2 is 1.84 bits per heavy atom. The van der Waals surface area contributed by atoms with Gasteiger partial charge in [-0.05, 0) is 25.0 Å². The minimum Gasteiger partial charge on any atom is -0.367 e. The van der Waals surface area contributed by atoms with Crippen LogP contribution in [0.3, 0.4) is 0 Å². The topological polar surface area (TPSA) is 102 Å². The quantitative estimate of drug-likeness (QED) is 0.593. The van der Waals surface area contributed by atoms with Gasteiger partial charge < -0.3 is 10.2 Å². The lowest BCUT2D eigenvalue weighted by Gasteiger charge is -2.31. The number of hydrogen-bond donors (Lipinski definition) is 1. The van der Waals surface area contributed by atoms with E-state index < -0.39 is 11.9 Å². The summed E-state index contributed by atoms with van der Waals surface area (Å²) in [5.74, 6) is -0.130. The lowest BCUT2D eigenvalue weighted by Crippen LogP contribution is -2.45. The Kier molecular flexibility index (Phi) is 6.70. The van der Waals surface area contributed by atoms with Gasteiger partial charge in [-0.25, -0.2) is 15.0 Å². The minimum atomic E-state index is -4.55. The minimum absolute atomic E-state index is 0.0231. The predicted molar refractivity (Wildman–Crippen MR) is 110 cm³/mol. The molecule has 0 radical (unpaired) electrons. The molecule has 3 heterocycles. The van der Waals surface area contributed by atoms with Gasteiger partial charge in [-0.1, -0.05) is 13.8 Å². The monoisotopic (exact) mass is 448 g/mol. The van der Waals surface area contributed by atoms with E-state index in [0.29, 0.717) is 17.6 Å². The molecule has 1 N–H and O–H groups in total. The Bertz CT molecular complexity index is 1050. The fraction of sp³-hybridized carbons (Fsp3) is 0.400. The van der Waals surface area contributed by atoms with Crippen LogP contribution < -0.4 is 5.32 Å². The molecule has 0 aliphatic carbocycles. The number of carbonyl (C=O) groups is 1. The van der Waals surface area contributed by atoms with E-state index in [2.05, 4.69) is 30.5 Å². The number of alkyl halides is 3. The Morgan fingerprint density at radius 3 is 2.41 bits per heavy atom. The lowest BCUT2D eigenvalue weighted by molar-refractivity contribution is -0.141. The SMILES string of the molecule is Cc1ccc(-n2nccn2)c(C(=O)N(C)[C@H](CNc2cnc(C(F)(F)F)cn2)C(C)C)n1. The molecule has 0 saturated carbocycles. The second-order valence-corrected chi connectivity index (χ2v) is 7.53. The van der Waals surface area contributed by atoms with Gasteiger partial charge in [0.15, 0.2) is 11.4 Å². The third kappa shape index (κ3) is 5.18. The van der Waals surface area contributed by atoms with Crippen molar-refractivity contribution in [1.29, 1.82) is 0 Å². The molecule has 0 bridgehead atoms. The summed E-state index contributed by atoms with van der Waals surface area (Å²) in [5, 5.41) is 11.1. The van der Waals surface area contributed by atoms with Gasteiger partial charge in [0.2, 0.25) is 0 Å². The van der Waals surface area contributed by atoms with Crippen LogP contribution in [0.4, 0.5) is 19.0 Å². The summed E-state index contributed by atoms with van der Waals surface area (Å²) in [6, 6.07) is 3.18. The van der Waals surface area contributed by atoms with Crippen LogP contribution in [0, 0.1) is 12.8 Å². The maximum Gasteiger partial charge on any atom is 0.434 e. The first-order valence-corrected chi connectivity index (χ1v) is 9.82. The highest BCUT2D eigenvalue weighted by Crippen LogP contribution is 2.27. The number of carbonyl (C=O) groups excluding carboxylic acids is 1. The number of likely N-dealkylation sites (N-methyl/N-ethyl adjacent to an activating group) is 1. The highest BCUT2D eigenvalue weighted by molar-refractivity contribution is 5.95. The van der Waals surface area contributed by atoms with Gasteiger partial charge in [-0.3, -0.25) is 4.79 Å². The molecule has 0 aliphatic rings. The van der Waals surface area contributed by atoms with Crippen LogP contribution in [0.15, 0.2) is 36.9 Å². The number of nitrogens with one attached hydrogen (secondary N) is 1. The maximum atomic E-state index is 13.3. The average Bonchev–Trinajstić information content (AvgIpc) is 3.27. The van der Waals surface area contributed by atoms with Crippen LogP contribution in [0.25, 0.3) is 5.69 Å². The number of rotatable bonds is 7. The summed E-state index contributed by atoms with van der Waals surface area (Å²) >= 11 is 0. The van der Waals surface area contributed by atoms with Crippen LogP contribution in [-0.2, 0) is 6.18 Å². The van der Waals surface area contributed by atoms with Gasteiger partial charge in [0, 0.05) is 19.3 Å². The maximum absolute atomic E-state index is 13.3. The molecule has 12 heteroatoms. The second-order valence-electron chi connectivity index (χ2n) is 7.53. The average molecular weight is 448 g/mol. The second kappa shape index (κ2) is 9.28. The predicted octanol–water partition coefficient (Wildman–Crippen LogP) is 2.99. The van der Waals surface area contributed by atoms with Crippen molar-refractivity contribution >= 4 is 11.7 Å². The van der Waals surface area contributed by atoms with Gasteiger partial charge in [0.05, 0.1) is 30.8 Å². The van der Waals surface area contributed by atoms with E-state index in [-0.39, 0.29) is 35.9 Å². The summed E-state index contributed by atoms with van der Waals surface area (Å²) in [4.78, 5) is 27.8. The highest BCUT2D eigenvalue weighted by atomic mass is 19.4. The van der Waals surface area contributed by atoms with Crippen LogP contribution in [0.2, 0.25) is 0 Å². The Hall–Kier alpha value is -3.57. The number of aromatic nitrogens is 6. The van der Waals surface area contributed by atoms with E-state index in [1.165, 1.54) is 17.2 Å². The summed E-state index contributed by atoms with van der Waals surface area (Å²) in [5.41, 5.74) is 0.239. The summed E-state index contributed by atoms with van der Waals surface area (Å²) in [6.07, 6.45) is 0.140. The zero-order valence-electron chi connectivity index (χ0n) is 18.0. The normalized spacial score (nSPS) is 12.6. The Labute approximate surface area is 182 Å². The van der Waals surface area contributed by atoms with Crippen LogP contribution in [0.5, 0.6) is 0 Å². The molecule has 0 aromatic carbocycles. The van der Waals surface area contributed by atoms with Crippen molar-refractivity contribution < 1.29 is 18.0 Å². The third-order valence-electron chi connectivity index (χ3n) is 4.87. The van der Waals surface area contributed by atoms with Crippen LogP contribution in [0.1, 0.15) is 35.7 Å². The first kappa shape index (κ1) is 23.1. The molecule has 32 heavy (non-hydrogen) atoms. The van der Waals surface area contributed by atoms with E-state index in [1.807, 2.05) is 13.8 Å². The molecule has 1 atom stereocenters. The zero-order valence-corrected chi connectivity index (χ0v) is 18.0. The van der Waals surface area contributed by atoms with E-state index in [1.54, 1.807) is 31.0 Å². The van der Waals surface area contributed by atoms with E-state index in [4.69, 9.17) is 0 Å². The van der Waals surface area contributed by atoms with Crippen molar-refractivity contribution in [2.24, 2.45) is 5.92 Å². The van der Waals surface area contributed by atoms with Gasteiger partial charge in [-0.15, -0.1) is 4.80 Å². The van der Waals surface area contributed by atoms with Crippen LogP contribution in [-0.4, -0.2) is 60.4 Å². The van der Waals surface area contributed by atoms with Gasteiger partial charge in [-0.2, -0.15) is 23.4 Å². The zero-order chi connectivity index (χ0) is 23.5. The molecule has 3 aromatic heterocycles. The molecule has 170 valence electrons. The molecule has 0 saturated heterocycles. The molecule has 9 nitrogen and oxygen atoms in total. The van der Waals surface area contributed by atoms with Gasteiger partial charge >= 0.3 is 6.18 Å². The molecule has 0 fully saturated rings. The lowest BCUT2D eigenvalue weighted by atomic mass is 10.0. The first-order valence-electron chi connectivity index (χ1n) is 9.82. The first-order chi connectivity index (χ1) is 15.1. The summed E-state index contributed by atoms with van der Waals surface area (Å²) < 4.78 is 38.0. The Balaban J connectivity index is 1.79. The van der Waals surface area contributed by atoms with E-state index >= 15 is 0 Å². The molecular formula is C20H23F3N8O. The Morgan fingerprint density at radius 1 is 1.16 bits per heavy atom. The van der Waals surface area contributed by atoms with Crippen LogP contribution >= 0.6 is 0 Å². The molecular weight excluding hydrogens is 425 g/mol. The van der Waals surface area contributed by atoms with Gasteiger partial charge in [0.25, 0.3) is 5.91 Å². The van der Waals surface area contributed by atoms with Crippen molar-refractivity contribution in [2.45, 2.75) is 33.0 Å². The van der Waals surface area contributed by atoms with Gasteiger partial charge in [0.1, 0.15) is 11.5 Å². The van der Waals surface area contributed by atoms with Crippen molar-refractivity contribution in [3.8, 4) is 5.69 Å². The third-order valence-corrected chi connectivity index (χ3v) is 4.87. The molecule has 0 aliphatic heterocycles. The van der Waals surface area contributed by atoms with E-state index in [9.17, 15) is 18.0 Å². The number of aryl methyl sites for hydroxylation is 1. The number of pyridine rings is 1. The fourth-order valence-electron chi connectivity index (χ4n) is 3.12. The number of amides is 1. The number of halogens is 3. The smallest absolute Gasteiger partial charge is 0.367 e. The van der Waals surface area contributed by atoms with E-state index in [0.717, 1.165) is 6.20 Å². The van der Waals surface area contributed by atoms with Crippen molar-refractivity contribution in [2.75, 3.05) is 18.9 Å². The number of anilines is 1. The molecule has 0 unspecified atom stereocenters. The fourth-order valence-corrected chi connectivity index (χ4v) is 3.12. The molecule has 1 amide bonds. The highest BCUT2D eigenvalue weighted by Gasteiger charge is 2.33. The summed E-state index contributed by atoms with van der Waals surface area (Å²) in [6.45, 7) is 5.91. The van der Waals surface area contributed by atoms with Crippen molar-refractivity contribution in [1.82, 2.24) is 34.8 Å². The molecule has 3 rings (SSSR count). The summed E-state index contributed by atoms with van der Waals surface area (Å²) in [7, 11) is 1.65. The molecule has 0 spiro atoms. The standard InChI is InChI=1S/C20H23F3N8O/c1-12(2)15(9-25-17-11-24-16(10-26-17)20(21,22)23)30(4)19(32)18-14(6-5-13(3)29-18)31-27-7-8-28-31/h5-8,10-12,15H,9H2,1-4H3,(H,25,26)/t15-/m1/s1. The molecule has 3 aromatic rings. The largest absolute Gasteiger partial charge is 0.434 e. The number of nitrogens with zero attached hydrogens (tertiary/aromatic N) is 7. The van der Waals surface area contributed by atoms with Crippen molar-refractivity contribution in [3.63, 3.8) is 0 Å². The number of hydrogen-bond acceptors (Lipinski definition) is 7. The van der Waals surface area contributed by atoms with Crippen molar-refractivity contribution in [3.05, 3.63) is 54.0 Å².